The van der Waals surface area contributed by atoms with E-state index in [1.54, 1.807) is 6.07 Å². The van der Waals surface area contributed by atoms with Gasteiger partial charge in [0, 0.05) is 30.8 Å². The van der Waals surface area contributed by atoms with Crippen LogP contribution in [0.3, 0.4) is 0 Å². The number of nitrogens with one attached hydrogen (secondary N) is 1. The molecular weight excluding hydrogens is 269 g/mol. The first-order valence-electron chi connectivity index (χ1n) is 7.91. The molecule has 3 rings (SSSR count). The van der Waals surface area contributed by atoms with Crippen molar-refractivity contribution < 1.29 is 9.13 Å². The second-order valence-corrected chi connectivity index (χ2v) is 5.94. The third-order valence-corrected chi connectivity index (χ3v) is 4.60. The molecule has 0 aliphatic carbocycles. The second kappa shape index (κ2) is 6.10. The highest BCUT2D eigenvalue weighted by molar-refractivity contribution is 5.69. The number of piperidine rings is 1. The van der Waals surface area contributed by atoms with Crippen molar-refractivity contribution in [3.8, 4) is 5.75 Å². The van der Waals surface area contributed by atoms with Crippen LogP contribution < -0.4 is 15.8 Å². The summed E-state index contributed by atoms with van der Waals surface area (Å²) in [5.74, 6) is -0.127. The number of rotatable bonds is 4. The number of nitrogens with zero attached hydrogens (tertiary/aromatic N) is 1. The zero-order valence-corrected chi connectivity index (χ0v) is 12.6. The molecule has 2 atom stereocenters. The number of anilines is 2. The molecule has 0 aromatic heterocycles. The van der Waals surface area contributed by atoms with Crippen LogP contribution in [0.1, 0.15) is 32.6 Å². The predicted molar refractivity (Wildman–Crippen MR) is 83.2 cm³/mol. The van der Waals surface area contributed by atoms with Gasteiger partial charge in [0.25, 0.3) is 0 Å². The summed E-state index contributed by atoms with van der Waals surface area (Å²) < 4.78 is 19.1. The molecule has 2 heterocycles. The Morgan fingerprint density at radius 1 is 1.33 bits per heavy atom. The van der Waals surface area contributed by atoms with Gasteiger partial charge in [0.1, 0.15) is 0 Å². The zero-order chi connectivity index (χ0) is 14.8. The average Bonchev–Trinajstić information content (AvgIpc) is 2.88. The minimum absolute atomic E-state index is 0.271. The number of benzene rings is 1. The maximum Gasteiger partial charge on any atom is 0.167 e. The van der Waals surface area contributed by atoms with E-state index >= 15 is 0 Å². The van der Waals surface area contributed by atoms with Gasteiger partial charge in [-0.2, -0.15) is 0 Å². The van der Waals surface area contributed by atoms with Crippen molar-refractivity contribution in [2.75, 3.05) is 30.7 Å². The Morgan fingerprint density at radius 2 is 2.19 bits per heavy atom. The van der Waals surface area contributed by atoms with E-state index in [2.05, 4.69) is 10.2 Å². The van der Waals surface area contributed by atoms with Crippen molar-refractivity contribution in [1.82, 2.24) is 4.90 Å². The molecule has 116 valence electrons. The van der Waals surface area contributed by atoms with Crippen LogP contribution in [0.2, 0.25) is 0 Å². The largest absolute Gasteiger partial charge is 0.491 e. The summed E-state index contributed by atoms with van der Waals surface area (Å²) >= 11 is 0. The van der Waals surface area contributed by atoms with Crippen LogP contribution in [0.4, 0.5) is 15.8 Å². The predicted octanol–water partition coefficient (Wildman–Crippen LogP) is 2.85. The summed E-state index contributed by atoms with van der Waals surface area (Å²) in [6.45, 7) is 4.63. The fourth-order valence-electron chi connectivity index (χ4n) is 3.58. The van der Waals surface area contributed by atoms with E-state index in [0.29, 0.717) is 24.4 Å². The van der Waals surface area contributed by atoms with Crippen molar-refractivity contribution in [2.24, 2.45) is 0 Å². The van der Waals surface area contributed by atoms with Crippen LogP contribution >= 0.6 is 0 Å². The molecule has 2 fully saturated rings. The molecule has 2 aliphatic heterocycles. The fourth-order valence-corrected chi connectivity index (χ4v) is 3.58. The van der Waals surface area contributed by atoms with E-state index in [-0.39, 0.29) is 5.75 Å². The fraction of sp³-hybridized carbons (Fsp3) is 0.625. The van der Waals surface area contributed by atoms with E-state index in [4.69, 9.17) is 10.5 Å². The Balaban J connectivity index is 1.76. The summed E-state index contributed by atoms with van der Waals surface area (Å²) in [5.41, 5.74) is 7.20. The molecule has 3 N–H and O–H groups in total. The lowest BCUT2D eigenvalue weighted by Gasteiger charge is -2.33. The Bertz CT molecular complexity index is 509. The number of nitrogens with two attached hydrogens (primary N) is 1. The molecule has 0 radical (unpaired) electrons. The highest BCUT2D eigenvalue weighted by atomic mass is 19.1. The third kappa shape index (κ3) is 2.93. The molecule has 2 saturated heterocycles. The van der Waals surface area contributed by atoms with E-state index < -0.39 is 5.82 Å². The summed E-state index contributed by atoms with van der Waals surface area (Å²) in [6.07, 6.45) is 4.95. The Kier molecular flexibility index (Phi) is 4.19. The van der Waals surface area contributed by atoms with E-state index in [1.807, 2.05) is 6.92 Å². The van der Waals surface area contributed by atoms with E-state index in [1.165, 1.54) is 31.9 Å². The van der Waals surface area contributed by atoms with Gasteiger partial charge in [0.15, 0.2) is 11.6 Å². The lowest BCUT2D eigenvalue weighted by Crippen LogP contribution is -2.41. The Hall–Kier alpha value is -1.49. The van der Waals surface area contributed by atoms with Gasteiger partial charge in [0.05, 0.1) is 18.0 Å². The van der Waals surface area contributed by atoms with Crippen LogP contribution in [0.5, 0.6) is 5.75 Å². The van der Waals surface area contributed by atoms with Crippen molar-refractivity contribution in [1.29, 1.82) is 0 Å². The molecule has 0 amide bonds. The van der Waals surface area contributed by atoms with E-state index in [0.717, 1.165) is 18.7 Å². The molecule has 2 unspecified atom stereocenters. The van der Waals surface area contributed by atoms with Gasteiger partial charge in [-0.15, -0.1) is 0 Å². The van der Waals surface area contributed by atoms with Crippen LogP contribution in [0, 0.1) is 5.82 Å². The lowest BCUT2D eigenvalue weighted by atomic mass is 9.98. The number of ether oxygens (including phenoxy) is 1. The van der Waals surface area contributed by atoms with Crippen molar-refractivity contribution >= 4 is 11.4 Å². The van der Waals surface area contributed by atoms with Crippen LogP contribution in [-0.4, -0.2) is 36.7 Å². The van der Waals surface area contributed by atoms with Crippen molar-refractivity contribution in [3.05, 3.63) is 17.9 Å². The third-order valence-electron chi connectivity index (χ3n) is 4.60. The average molecular weight is 293 g/mol. The molecular formula is C16H24FN3O. The molecule has 0 spiro atoms. The highest BCUT2D eigenvalue weighted by Gasteiger charge is 2.35. The molecule has 5 heteroatoms. The lowest BCUT2D eigenvalue weighted by molar-refractivity contribution is 0.193. The Morgan fingerprint density at radius 3 is 3.00 bits per heavy atom. The normalized spacial score (nSPS) is 25.6. The summed E-state index contributed by atoms with van der Waals surface area (Å²) in [6, 6.07) is 4.02. The SMILES string of the molecule is CCOc1cc(NC2CCN3CCCCC23)c(N)cc1F. The van der Waals surface area contributed by atoms with Crippen molar-refractivity contribution in [3.63, 3.8) is 0 Å². The standard InChI is InChI=1S/C16H24FN3O/c1-2-21-16-10-14(12(18)9-11(16)17)19-13-6-8-20-7-4-3-5-15(13)20/h9-10,13,15,19H,2-8,18H2,1H3. The van der Waals surface area contributed by atoms with Gasteiger partial charge in [0.2, 0.25) is 0 Å². The van der Waals surface area contributed by atoms with E-state index in [9.17, 15) is 4.39 Å². The summed E-state index contributed by atoms with van der Waals surface area (Å²) in [4.78, 5) is 2.56. The number of fused-ring (bicyclic) bond motifs is 1. The van der Waals surface area contributed by atoms with Crippen LogP contribution in [-0.2, 0) is 0 Å². The summed E-state index contributed by atoms with van der Waals surface area (Å²) in [7, 11) is 0. The molecule has 1 aromatic rings. The van der Waals surface area contributed by atoms with Crippen LogP contribution in [0.25, 0.3) is 0 Å². The van der Waals surface area contributed by atoms with Gasteiger partial charge in [-0.1, -0.05) is 6.42 Å². The number of hydrogen-bond acceptors (Lipinski definition) is 4. The molecule has 4 nitrogen and oxygen atoms in total. The molecule has 21 heavy (non-hydrogen) atoms. The van der Waals surface area contributed by atoms with Gasteiger partial charge in [-0.05, 0) is 32.7 Å². The minimum atomic E-state index is -0.398. The van der Waals surface area contributed by atoms with Gasteiger partial charge < -0.3 is 15.8 Å². The quantitative estimate of drug-likeness (QED) is 0.838. The topological polar surface area (TPSA) is 50.5 Å². The van der Waals surface area contributed by atoms with Crippen molar-refractivity contribution in [2.45, 2.75) is 44.7 Å². The number of hydrogen-bond donors (Lipinski definition) is 2. The zero-order valence-electron chi connectivity index (χ0n) is 12.6. The first kappa shape index (κ1) is 14.4. The molecule has 1 aromatic carbocycles. The number of halogens is 1. The number of nitrogen functional groups attached to an aromatic ring is 1. The minimum Gasteiger partial charge on any atom is -0.491 e. The molecule has 0 bridgehead atoms. The first-order chi connectivity index (χ1) is 10.2. The maximum absolute atomic E-state index is 13.8. The Labute approximate surface area is 125 Å². The second-order valence-electron chi connectivity index (χ2n) is 5.94. The monoisotopic (exact) mass is 293 g/mol. The summed E-state index contributed by atoms with van der Waals surface area (Å²) in [5, 5.41) is 3.52. The van der Waals surface area contributed by atoms with Gasteiger partial charge in [-0.3, -0.25) is 4.90 Å². The van der Waals surface area contributed by atoms with Gasteiger partial charge >= 0.3 is 0 Å². The van der Waals surface area contributed by atoms with Crippen LogP contribution in [0.15, 0.2) is 12.1 Å². The molecule has 2 aliphatic rings. The smallest absolute Gasteiger partial charge is 0.167 e. The highest BCUT2D eigenvalue weighted by Crippen LogP contribution is 2.33. The first-order valence-corrected chi connectivity index (χ1v) is 7.91. The maximum atomic E-state index is 13.8. The van der Waals surface area contributed by atoms with Gasteiger partial charge in [-0.25, -0.2) is 4.39 Å². The molecule has 0 saturated carbocycles.